The van der Waals surface area contributed by atoms with E-state index in [2.05, 4.69) is 4.74 Å². The van der Waals surface area contributed by atoms with Gasteiger partial charge in [0.1, 0.15) is 19.0 Å². The fourth-order valence-corrected chi connectivity index (χ4v) is 6.47. The molecule has 170 valence electrons. The Morgan fingerprint density at radius 1 is 1.03 bits per heavy atom. The summed E-state index contributed by atoms with van der Waals surface area (Å²) in [6.07, 6.45) is 3.92. The number of nitrogens with zero attached hydrogens (tertiary/aromatic N) is 1. The molecule has 1 aliphatic carbocycles. The van der Waals surface area contributed by atoms with Crippen LogP contribution in [-0.4, -0.2) is 39.1 Å². The lowest BCUT2D eigenvalue weighted by atomic mass is 9.97. The highest BCUT2D eigenvalue weighted by Crippen LogP contribution is 2.42. The zero-order valence-corrected chi connectivity index (χ0v) is 18.1. The van der Waals surface area contributed by atoms with Crippen molar-refractivity contribution in [3.05, 3.63) is 58.0 Å². The average Bonchev–Trinajstić information content (AvgIpc) is 3.29. The fraction of sp³-hybridized carbons (Fsp3) is 0.391. The van der Waals surface area contributed by atoms with E-state index in [1.54, 1.807) is 22.5 Å². The van der Waals surface area contributed by atoms with Crippen molar-refractivity contribution in [1.29, 1.82) is 0 Å². The van der Waals surface area contributed by atoms with Crippen molar-refractivity contribution in [3.63, 3.8) is 0 Å². The third-order valence-electron chi connectivity index (χ3n) is 6.09. The van der Waals surface area contributed by atoms with E-state index in [0.717, 1.165) is 24.0 Å². The van der Waals surface area contributed by atoms with Gasteiger partial charge in [-0.2, -0.15) is 13.1 Å². The lowest BCUT2D eigenvalue weighted by molar-refractivity contribution is -0.0498. The lowest BCUT2D eigenvalue weighted by Crippen LogP contribution is -2.32. The van der Waals surface area contributed by atoms with Crippen molar-refractivity contribution < 1.29 is 31.4 Å². The zero-order chi connectivity index (χ0) is 22.3. The molecule has 32 heavy (non-hydrogen) atoms. The van der Waals surface area contributed by atoms with Crippen LogP contribution in [0.4, 0.5) is 8.78 Å². The van der Waals surface area contributed by atoms with Gasteiger partial charge in [-0.05, 0) is 72.7 Å². The molecule has 2 heterocycles. The van der Waals surface area contributed by atoms with Gasteiger partial charge in [0.05, 0.1) is 10.9 Å². The molecule has 0 saturated carbocycles. The van der Waals surface area contributed by atoms with Crippen LogP contribution in [-0.2, 0) is 16.4 Å². The van der Waals surface area contributed by atoms with Crippen molar-refractivity contribution >= 4 is 16.1 Å². The summed E-state index contributed by atoms with van der Waals surface area (Å²) in [4.78, 5) is 0.344. The van der Waals surface area contributed by atoms with Crippen LogP contribution in [0.25, 0.3) is 6.08 Å². The fourth-order valence-electron chi connectivity index (χ4n) is 4.60. The summed E-state index contributed by atoms with van der Waals surface area (Å²) < 4.78 is 69.4. The molecule has 0 bridgehead atoms. The van der Waals surface area contributed by atoms with Crippen LogP contribution < -0.4 is 14.2 Å². The number of halogens is 2. The van der Waals surface area contributed by atoms with Crippen LogP contribution in [0.2, 0.25) is 0 Å². The highest BCUT2D eigenvalue weighted by atomic mass is 32.2. The molecule has 0 radical (unpaired) electrons. The van der Waals surface area contributed by atoms with E-state index in [0.29, 0.717) is 54.6 Å². The number of rotatable bonds is 5. The van der Waals surface area contributed by atoms with Crippen molar-refractivity contribution in [1.82, 2.24) is 4.31 Å². The van der Waals surface area contributed by atoms with Gasteiger partial charge in [-0.1, -0.05) is 12.1 Å². The quantitative estimate of drug-likeness (QED) is 0.653. The van der Waals surface area contributed by atoms with Crippen molar-refractivity contribution in [3.8, 4) is 17.2 Å². The minimum Gasteiger partial charge on any atom is -0.486 e. The summed E-state index contributed by atoms with van der Waals surface area (Å²) in [5.41, 5.74) is 2.40. The first kappa shape index (κ1) is 21.2. The molecule has 0 amide bonds. The van der Waals surface area contributed by atoms with E-state index in [9.17, 15) is 17.2 Å². The Morgan fingerprint density at radius 3 is 2.66 bits per heavy atom. The van der Waals surface area contributed by atoms with Crippen molar-refractivity contribution in [2.45, 2.75) is 38.3 Å². The van der Waals surface area contributed by atoms with Crippen LogP contribution in [0.15, 0.2) is 41.3 Å². The summed E-state index contributed by atoms with van der Waals surface area (Å²) in [6, 6.07) is 9.97. The molecule has 0 spiro atoms. The molecule has 2 aromatic rings. The number of ether oxygens (including phenoxy) is 3. The van der Waals surface area contributed by atoms with E-state index in [1.165, 1.54) is 6.07 Å². The van der Waals surface area contributed by atoms with Gasteiger partial charge in [-0.15, -0.1) is 0 Å². The predicted molar refractivity (Wildman–Crippen MR) is 114 cm³/mol. The van der Waals surface area contributed by atoms with Crippen LogP contribution in [0.3, 0.4) is 0 Å². The number of aryl methyl sites for hydroxylation is 1. The van der Waals surface area contributed by atoms with Crippen LogP contribution in [0, 0.1) is 0 Å². The zero-order valence-electron chi connectivity index (χ0n) is 17.3. The largest absolute Gasteiger partial charge is 0.486 e. The topological polar surface area (TPSA) is 65.1 Å². The Balaban J connectivity index is 1.42. The third kappa shape index (κ3) is 3.95. The summed E-state index contributed by atoms with van der Waals surface area (Å²) >= 11 is 0. The van der Waals surface area contributed by atoms with Crippen molar-refractivity contribution in [2.24, 2.45) is 0 Å². The van der Waals surface area contributed by atoms with Gasteiger partial charge >= 0.3 is 6.61 Å². The molecule has 1 unspecified atom stereocenters. The number of fused-ring (bicyclic) bond motifs is 2. The molecule has 2 aliphatic heterocycles. The molecule has 3 aliphatic rings. The molecule has 1 saturated heterocycles. The maximum absolute atomic E-state index is 13.6. The molecular formula is C23H23F2NO5S. The van der Waals surface area contributed by atoms with Gasteiger partial charge in [0.15, 0.2) is 11.5 Å². The molecule has 5 rings (SSSR count). The Labute approximate surface area is 185 Å². The van der Waals surface area contributed by atoms with E-state index < -0.39 is 16.6 Å². The Kier molecular flexibility index (Phi) is 5.54. The Bertz CT molecular complexity index is 1160. The number of allylic oxidation sites excluding steroid dienone is 1. The van der Waals surface area contributed by atoms with E-state index in [-0.39, 0.29) is 11.8 Å². The Morgan fingerprint density at radius 2 is 1.84 bits per heavy atom. The average molecular weight is 464 g/mol. The second kappa shape index (κ2) is 8.37. The van der Waals surface area contributed by atoms with Gasteiger partial charge in [0.25, 0.3) is 0 Å². The highest BCUT2D eigenvalue weighted by Gasteiger charge is 2.38. The van der Waals surface area contributed by atoms with Gasteiger partial charge < -0.3 is 14.2 Å². The molecule has 9 heteroatoms. The molecular weight excluding hydrogens is 440 g/mol. The van der Waals surface area contributed by atoms with Gasteiger partial charge in [0.2, 0.25) is 10.0 Å². The summed E-state index contributed by atoms with van der Waals surface area (Å²) in [7, 11) is -3.68. The number of hydrogen-bond acceptors (Lipinski definition) is 5. The number of sulfonamides is 1. The van der Waals surface area contributed by atoms with Gasteiger partial charge in [-0.3, -0.25) is 0 Å². The van der Waals surface area contributed by atoms with E-state index in [4.69, 9.17) is 9.47 Å². The monoisotopic (exact) mass is 463 g/mol. The highest BCUT2D eigenvalue weighted by molar-refractivity contribution is 7.93. The molecule has 1 fully saturated rings. The van der Waals surface area contributed by atoms with E-state index >= 15 is 0 Å². The standard InChI is InChI=1S/C23H23F2NO5S/c24-23(25)31-18-6-3-16-13-19(7-4-15(16)12-18)32(27,28)26-9-1-2-20(26)17-5-8-21-22(14-17)30-11-10-29-21/h3,5-6,8,12-14,20,23H,1-2,4,7,9-11H2. The number of hydrogen-bond donors (Lipinski definition) is 0. The van der Waals surface area contributed by atoms with Crippen LogP contribution in [0.5, 0.6) is 17.2 Å². The molecule has 6 nitrogen and oxygen atoms in total. The van der Waals surface area contributed by atoms with Gasteiger partial charge in [-0.25, -0.2) is 8.42 Å². The summed E-state index contributed by atoms with van der Waals surface area (Å²) in [5.74, 6) is 1.40. The maximum atomic E-state index is 13.6. The van der Waals surface area contributed by atoms with Crippen molar-refractivity contribution in [2.75, 3.05) is 19.8 Å². The third-order valence-corrected chi connectivity index (χ3v) is 8.13. The molecule has 1 atom stereocenters. The first-order chi connectivity index (χ1) is 15.4. The lowest BCUT2D eigenvalue weighted by Gasteiger charge is -2.28. The second-order valence-electron chi connectivity index (χ2n) is 8.03. The Hall–Kier alpha value is -2.65. The predicted octanol–water partition coefficient (Wildman–Crippen LogP) is 4.51. The first-order valence-corrected chi connectivity index (χ1v) is 12.1. The summed E-state index contributed by atoms with van der Waals surface area (Å²) in [6.45, 7) is -1.47. The van der Waals surface area contributed by atoms with E-state index in [1.807, 2.05) is 18.2 Å². The molecule has 0 N–H and O–H groups in total. The van der Waals surface area contributed by atoms with Crippen LogP contribution >= 0.6 is 0 Å². The maximum Gasteiger partial charge on any atom is 0.387 e. The number of benzene rings is 2. The first-order valence-electron chi connectivity index (χ1n) is 10.6. The minimum absolute atomic E-state index is 0.0803. The molecule has 2 aromatic carbocycles. The SMILES string of the molecule is O=S(=O)(C1=Cc2ccc(OC(F)F)cc2CC1)N1CCCC1c1ccc2c(c1)OCCO2. The normalized spacial score (nSPS) is 20.7. The van der Waals surface area contributed by atoms with Crippen LogP contribution in [0.1, 0.15) is 42.0 Å². The second-order valence-corrected chi connectivity index (χ2v) is 9.97. The summed E-state index contributed by atoms with van der Waals surface area (Å²) in [5, 5.41) is 0. The minimum atomic E-state index is -3.68. The van der Waals surface area contributed by atoms with Gasteiger partial charge in [0, 0.05) is 6.54 Å². The smallest absolute Gasteiger partial charge is 0.387 e. The molecule has 0 aromatic heterocycles. The number of alkyl halides is 2.